The average Bonchev–Trinajstić information content (AvgIpc) is 3.09. The fourth-order valence-electron chi connectivity index (χ4n) is 2.85. The lowest BCUT2D eigenvalue weighted by molar-refractivity contribution is 0.332. The predicted molar refractivity (Wildman–Crippen MR) is 80.6 cm³/mol. The van der Waals surface area contributed by atoms with E-state index in [4.69, 9.17) is 4.99 Å². The molecule has 0 spiro atoms. The third kappa shape index (κ3) is 1.89. The molecule has 4 heterocycles. The molecule has 1 saturated heterocycles. The number of amidine groups is 1. The maximum absolute atomic E-state index is 4.90. The maximum atomic E-state index is 4.90. The van der Waals surface area contributed by atoms with Crippen LogP contribution in [0.5, 0.6) is 0 Å². The molecular formula is C15H14N4S. The topological polar surface area (TPSA) is 41.4 Å². The van der Waals surface area contributed by atoms with E-state index in [9.17, 15) is 0 Å². The highest BCUT2D eigenvalue weighted by Gasteiger charge is 2.41. The molecule has 2 aromatic rings. The number of aromatic nitrogens is 2. The van der Waals surface area contributed by atoms with Crippen molar-refractivity contribution in [1.82, 2.24) is 14.9 Å². The minimum Gasteiger partial charge on any atom is -0.341 e. The zero-order chi connectivity index (χ0) is 13.4. The first kappa shape index (κ1) is 11.9. The van der Waals surface area contributed by atoms with Gasteiger partial charge < -0.3 is 4.90 Å². The molecule has 100 valence electrons. The Morgan fingerprint density at radius 1 is 1.10 bits per heavy atom. The molecule has 4 rings (SSSR count). The van der Waals surface area contributed by atoms with Gasteiger partial charge in [0.15, 0.2) is 5.17 Å². The fourth-order valence-corrected chi connectivity index (χ4v) is 3.87. The van der Waals surface area contributed by atoms with Gasteiger partial charge in [-0.2, -0.15) is 0 Å². The molecule has 0 N–H and O–H groups in total. The lowest BCUT2D eigenvalue weighted by Gasteiger charge is -2.26. The lowest BCUT2D eigenvalue weighted by Crippen LogP contribution is -2.27. The highest BCUT2D eigenvalue weighted by Crippen LogP contribution is 2.45. The smallest absolute Gasteiger partial charge is 0.160 e. The van der Waals surface area contributed by atoms with Gasteiger partial charge in [0.05, 0.1) is 11.7 Å². The third-order valence-corrected chi connectivity index (χ3v) is 4.72. The first-order valence-corrected chi connectivity index (χ1v) is 7.70. The van der Waals surface area contributed by atoms with Gasteiger partial charge in [0.2, 0.25) is 0 Å². The minimum absolute atomic E-state index is 0.0846. The Hall–Kier alpha value is -1.88. The Labute approximate surface area is 122 Å². The Balaban J connectivity index is 1.78. The van der Waals surface area contributed by atoms with Gasteiger partial charge in [0.25, 0.3) is 0 Å². The van der Waals surface area contributed by atoms with Crippen LogP contribution in [0.4, 0.5) is 0 Å². The van der Waals surface area contributed by atoms with E-state index >= 15 is 0 Å². The average molecular weight is 282 g/mol. The largest absolute Gasteiger partial charge is 0.341 e. The quantitative estimate of drug-likeness (QED) is 0.849. The van der Waals surface area contributed by atoms with Crippen LogP contribution in [0.15, 0.2) is 53.9 Å². The summed E-state index contributed by atoms with van der Waals surface area (Å²) in [6, 6.07) is 10.5. The van der Waals surface area contributed by atoms with E-state index in [1.807, 2.05) is 42.5 Å². The van der Waals surface area contributed by atoms with Crippen molar-refractivity contribution in [3.05, 3.63) is 60.2 Å². The third-order valence-electron chi connectivity index (χ3n) is 3.73. The van der Waals surface area contributed by atoms with Crippen molar-refractivity contribution in [1.29, 1.82) is 0 Å². The van der Waals surface area contributed by atoms with Gasteiger partial charge in [0.1, 0.15) is 6.04 Å². The number of hydrogen-bond acceptors (Lipinski definition) is 5. The molecular weight excluding hydrogens is 268 g/mol. The van der Waals surface area contributed by atoms with E-state index < -0.39 is 0 Å². The van der Waals surface area contributed by atoms with Crippen LogP contribution in [-0.4, -0.2) is 32.3 Å². The van der Waals surface area contributed by atoms with Crippen LogP contribution in [0.2, 0.25) is 0 Å². The summed E-state index contributed by atoms with van der Waals surface area (Å²) < 4.78 is 0. The predicted octanol–water partition coefficient (Wildman–Crippen LogP) is 2.68. The highest BCUT2D eigenvalue weighted by molar-refractivity contribution is 8.14. The van der Waals surface area contributed by atoms with E-state index in [-0.39, 0.29) is 12.1 Å². The molecule has 0 aromatic carbocycles. The summed E-state index contributed by atoms with van der Waals surface area (Å²) in [5.41, 5.74) is 2.30. The molecule has 4 nitrogen and oxygen atoms in total. The molecule has 20 heavy (non-hydrogen) atoms. The van der Waals surface area contributed by atoms with E-state index in [1.54, 1.807) is 0 Å². The van der Waals surface area contributed by atoms with Crippen molar-refractivity contribution < 1.29 is 0 Å². The second-order valence-electron chi connectivity index (χ2n) is 4.88. The van der Waals surface area contributed by atoms with E-state index in [0.717, 1.165) is 23.2 Å². The van der Waals surface area contributed by atoms with Crippen LogP contribution in [0.1, 0.15) is 23.3 Å². The monoisotopic (exact) mass is 282 g/mol. The van der Waals surface area contributed by atoms with E-state index in [0.29, 0.717) is 0 Å². The lowest BCUT2D eigenvalue weighted by atomic mass is 9.97. The number of hydrogen-bond donors (Lipinski definition) is 0. The zero-order valence-corrected chi connectivity index (χ0v) is 11.7. The molecule has 2 aromatic heterocycles. The summed E-state index contributed by atoms with van der Waals surface area (Å²) in [6.07, 6.45) is 5.55. The summed E-state index contributed by atoms with van der Waals surface area (Å²) in [7, 11) is 0. The van der Waals surface area contributed by atoms with Crippen LogP contribution >= 0.6 is 11.8 Å². The van der Waals surface area contributed by atoms with Gasteiger partial charge in [-0.05, 0) is 29.8 Å². The van der Waals surface area contributed by atoms with Gasteiger partial charge in [-0.3, -0.25) is 15.0 Å². The van der Waals surface area contributed by atoms with Crippen molar-refractivity contribution in [3.8, 4) is 0 Å². The van der Waals surface area contributed by atoms with Crippen molar-refractivity contribution in [2.45, 2.75) is 12.1 Å². The molecule has 0 bridgehead atoms. The van der Waals surface area contributed by atoms with Crippen LogP contribution in [-0.2, 0) is 0 Å². The highest BCUT2D eigenvalue weighted by atomic mass is 32.2. The number of fused-ring (bicyclic) bond motifs is 1. The molecule has 0 saturated carbocycles. The van der Waals surface area contributed by atoms with Gasteiger partial charge >= 0.3 is 0 Å². The summed E-state index contributed by atoms with van der Waals surface area (Å²) in [4.78, 5) is 15.9. The first-order chi connectivity index (χ1) is 9.93. The number of aliphatic imine (C=N–C) groups is 1. The Kier molecular flexibility index (Phi) is 2.92. The Bertz CT molecular complexity index is 629. The minimum atomic E-state index is 0.0846. The Morgan fingerprint density at radius 2 is 2.00 bits per heavy atom. The number of rotatable bonds is 2. The molecule has 2 aliphatic rings. The van der Waals surface area contributed by atoms with Crippen LogP contribution < -0.4 is 0 Å². The molecule has 0 amide bonds. The Morgan fingerprint density at radius 3 is 2.80 bits per heavy atom. The second kappa shape index (κ2) is 4.90. The van der Waals surface area contributed by atoms with Gasteiger partial charge in [-0.15, -0.1) is 0 Å². The van der Waals surface area contributed by atoms with Gasteiger partial charge in [-0.1, -0.05) is 17.8 Å². The van der Waals surface area contributed by atoms with Crippen LogP contribution in [0.3, 0.4) is 0 Å². The van der Waals surface area contributed by atoms with E-state index in [1.165, 1.54) is 5.56 Å². The number of pyridine rings is 2. The summed E-state index contributed by atoms with van der Waals surface area (Å²) in [5, 5.41) is 1.16. The molecule has 1 fully saturated rings. The molecule has 2 atom stereocenters. The molecule has 2 aliphatic heterocycles. The zero-order valence-electron chi connectivity index (χ0n) is 10.9. The normalized spacial score (nSPS) is 24.6. The number of nitrogens with zero attached hydrogens (tertiary/aromatic N) is 4. The van der Waals surface area contributed by atoms with Crippen molar-refractivity contribution in [2.24, 2.45) is 4.99 Å². The SMILES string of the molecule is c1ccc([C@H]2N=C3SCCN3[C@H]2c2ccncc2)nc1. The van der Waals surface area contributed by atoms with Crippen LogP contribution in [0.25, 0.3) is 0 Å². The summed E-state index contributed by atoms with van der Waals surface area (Å²) in [5.74, 6) is 1.12. The molecule has 0 aliphatic carbocycles. The van der Waals surface area contributed by atoms with Gasteiger partial charge in [0, 0.05) is 30.9 Å². The fraction of sp³-hybridized carbons (Fsp3) is 0.267. The van der Waals surface area contributed by atoms with Crippen molar-refractivity contribution in [3.63, 3.8) is 0 Å². The molecule has 0 unspecified atom stereocenters. The second-order valence-corrected chi connectivity index (χ2v) is 5.94. The standard InChI is InChI=1S/C15H14N4S/c1-2-6-17-12(3-1)13-14(11-4-7-16-8-5-11)19-9-10-20-15(19)18-13/h1-8,13-14H,9-10H2/t13-,14+/m1/s1. The first-order valence-electron chi connectivity index (χ1n) is 6.71. The molecule has 5 heteroatoms. The maximum Gasteiger partial charge on any atom is 0.160 e. The number of thioether (sulfide) groups is 1. The van der Waals surface area contributed by atoms with Crippen molar-refractivity contribution >= 4 is 16.9 Å². The summed E-state index contributed by atoms with van der Waals surface area (Å²) in [6.45, 7) is 1.06. The van der Waals surface area contributed by atoms with Crippen LogP contribution in [0, 0.1) is 0 Å². The summed E-state index contributed by atoms with van der Waals surface area (Å²) >= 11 is 1.84. The molecule has 0 radical (unpaired) electrons. The van der Waals surface area contributed by atoms with E-state index in [2.05, 4.69) is 33.1 Å². The van der Waals surface area contributed by atoms with Gasteiger partial charge in [-0.25, -0.2) is 0 Å². The van der Waals surface area contributed by atoms with Crippen molar-refractivity contribution in [2.75, 3.05) is 12.3 Å².